The molecule has 26 heavy (non-hydrogen) atoms. The molecule has 2 N–H and O–H groups in total. The summed E-state index contributed by atoms with van der Waals surface area (Å²) >= 11 is 7.90. The van der Waals surface area contributed by atoms with E-state index in [9.17, 15) is 4.79 Å². The number of rotatable bonds is 5. The maximum atomic E-state index is 12.2. The van der Waals surface area contributed by atoms with Crippen molar-refractivity contribution in [2.24, 2.45) is 0 Å². The Kier molecular flexibility index (Phi) is 5.81. The molecule has 1 aliphatic heterocycles. The number of esters is 1. The van der Waals surface area contributed by atoms with Crippen LogP contribution in [0.3, 0.4) is 0 Å². The molecule has 8 heteroatoms. The molecule has 0 bridgehead atoms. The maximum Gasteiger partial charge on any atom is 0.325 e. The second-order valence-corrected chi connectivity index (χ2v) is 7.63. The van der Waals surface area contributed by atoms with Gasteiger partial charge in [0, 0.05) is 26.7 Å². The highest BCUT2D eigenvalue weighted by Gasteiger charge is 2.43. The van der Waals surface area contributed by atoms with E-state index in [4.69, 9.17) is 17.0 Å². The zero-order chi connectivity index (χ0) is 18.8. The first-order valence-electron chi connectivity index (χ1n) is 8.42. The molecule has 2 atom stereocenters. The second-order valence-electron chi connectivity index (χ2n) is 6.16. The number of nitrogens with zero attached hydrogens (tertiary/aromatic N) is 2. The zero-order valence-corrected chi connectivity index (χ0v) is 17.8. The first-order chi connectivity index (χ1) is 12.4. The molecule has 0 aromatic carbocycles. The van der Waals surface area contributed by atoms with Crippen molar-refractivity contribution in [1.29, 1.82) is 0 Å². The van der Waals surface area contributed by atoms with Gasteiger partial charge in [-0.25, -0.2) is 0 Å². The molecule has 0 amide bonds. The Morgan fingerprint density at radius 1 is 1.38 bits per heavy atom. The minimum absolute atomic E-state index is 0.105. The van der Waals surface area contributed by atoms with E-state index in [0.29, 0.717) is 11.7 Å². The second kappa shape index (κ2) is 7.91. The summed E-state index contributed by atoms with van der Waals surface area (Å²) in [5, 5.41) is 3.88. The number of aryl methyl sites for hydroxylation is 2. The van der Waals surface area contributed by atoms with E-state index in [0.717, 1.165) is 26.2 Å². The van der Waals surface area contributed by atoms with Gasteiger partial charge in [-0.3, -0.25) is 9.78 Å². The van der Waals surface area contributed by atoms with Gasteiger partial charge in [-0.05, 0) is 67.7 Å². The van der Waals surface area contributed by atoms with Crippen LogP contribution in [0.5, 0.6) is 0 Å². The zero-order valence-electron chi connectivity index (χ0n) is 14.9. The third-order valence-corrected chi connectivity index (χ3v) is 6.19. The number of aromatic nitrogens is 2. The van der Waals surface area contributed by atoms with E-state index < -0.39 is 0 Å². The molecule has 1 fully saturated rings. The van der Waals surface area contributed by atoms with Crippen LogP contribution in [0.2, 0.25) is 0 Å². The van der Waals surface area contributed by atoms with Gasteiger partial charge < -0.3 is 19.9 Å². The molecular formula is C18H21IN4O2S. The summed E-state index contributed by atoms with van der Waals surface area (Å²) in [6.07, 6.45) is 1.77. The number of halogens is 1. The third-order valence-electron chi connectivity index (χ3n) is 4.44. The molecule has 0 spiro atoms. The van der Waals surface area contributed by atoms with Crippen LogP contribution < -0.4 is 5.32 Å². The van der Waals surface area contributed by atoms with Gasteiger partial charge in [0.2, 0.25) is 0 Å². The summed E-state index contributed by atoms with van der Waals surface area (Å²) < 4.78 is 6.29. The molecule has 138 valence electrons. The number of ether oxygens (including phenoxy) is 1. The SMILES string of the molecule is CCOC(=O)CN1C(=S)NC(c2ccccn2)C1c1c(C)[nH]c(C)c1I. The van der Waals surface area contributed by atoms with Gasteiger partial charge in [0.05, 0.1) is 24.4 Å². The molecule has 0 saturated carbocycles. The number of pyridine rings is 1. The number of thiocarbonyl (C=S) groups is 1. The van der Waals surface area contributed by atoms with Crippen molar-refractivity contribution in [1.82, 2.24) is 20.2 Å². The summed E-state index contributed by atoms with van der Waals surface area (Å²) in [5.41, 5.74) is 4.20. The lowest BCUT2D eigenvalue weighted by molar-refractivity contribution is -0.143. The van der Waals surface area contributed by atoms with Crippen LogP contribution in [-0.4, -0.2) is 39.1 Å². The third kappa shape index (κ3) is 3.57. The summed E-state index contributed by atoms with van der Waals surface area (Å²) in [6, 6.07) is 5.54. The number of aromatic amines is 1. The number of nitrogens with one attached hydrogen (secondary N) is 2. The van der Waals surface area contributed by atoms with Crippen LogP contribution in [0.25, 0.3) is 0 Å². The van der Waals surface area contributed by atoms with E-state index in [1.165, 1.54) is 0 Å². The predicted molar refractivity (Wildman–Crippen MR) is 112 cm³/mol. The van der Waals surface area contributed by atoms with Crippen molar-refractivity contribution in [2.45, 2.75) is 32.9 Å². The lowest BCUT2D eigenvalue weighted by Crippen LogP contribution is -2.35. The largest absolute Gasteiger partial charge is 0.465 e. The number of hydrogen-bond donors (Lipinski definition) is 2. The predicted octanol–water partition coefficient (Wildman–Crippen LogP) is 3.17. The Labute approximate surface area is 171 Å². The molecule has 3 rings (SSSR count). The van der Waals surface area contributed by atoms with Gasteiger partial charge in [0.25, 0.3) is 0 Å². The summed E-state index contributed by atoms with van der Waals surface area (Å²) in [6.45, 7) is 6.35. The molecule has 2 unspecified atom stereocenters. The fraction of sp³-hybridized carbons (Fsp3) is 0.389. The fourth-order valence-electron chi connectivity index (χ4n) is 3.36. The van der Waals surface area contributed by atoms with Crippen molar-refractivity contribution >= 4 is 45.9 Å². The van der Waals surface area contributed by atoms with E-state index >= 15 is 0 Å². The van der Waals surface area contributed by atoms with Gasteiger partial charge >= 0.3 is 5.97 Å². The van der Waals surface area contributed by atoms with Crippen molar-refractivity contribution in [2.75, 3.05) is 13.2 Å². The van der Waals surface area contributed by atoms with E-state index in [2.05, 4.69) is 37.9 Å². The number of H-pyrrole nitrogens is 1. The van der Waals surface area contributed by atoms with Crippen molar-refractivity contribution in [3.63, 3.8) is 0 Å². The van der Waals surface area contributed by atoms with Gasteiger partial charge in [-0.15, -0.1) is 0 Å². The molecule has 2 aromatic rings. The van der Waals surface area contributed by atoms with Gasteiger partial charge in [0.15, 0.2) is 5.11 Å². The van der Waals surface area contributed by atoms with Crippen molar-refractivity contribution < 1.29 is 9.53 Å². The molecule has 0 aliphatic carbocycles. The summed E-state index contributed by atoms with van der Waals surface area (Å²) in [5.74, 6) is -0.289. The number of carbonyl (C=O) groups is 1. The Hall–Kier alpha value is -1.68. The molecule has 1 aliphatic rings. The normalized spacial score (nSPS) is 19.5. The van der Waals surface area contributed by atoms with Gasteiger partial charge in [-0.2, -0.15) is 0 Å². The van der Waals surface area contributed by atoms with Crippen LogP contribution in [0.1, 0.15) is 41.7 Å². The highest BCUT2D eigenvalue weighted by atomic mass is 127. The molecule has 1 saturated heterocycles. The Balaban J connectivity index is 2.06. The first kappa shape index (κ1) is 19.1. The van der Waals surface area contributed by atoms with Crippen LogP contribution in [0.15, 0.2) is 24.4 Å². The minimum atomic E-state index is -0.289. The average Bonchev–Trinajstić information content (AvgIpc) is 3.05. The quantitative estimate of drug-likeness (QED) is 0.386. The van der Waals surface area contributed by atoms with E-state index in [-0.39, 0.29) is 24.6 Å². The fourth-order valence-corrected chi connectivity index (χ4v) is 4.52. The first-order valence-corrected chi connectivity index (χ1v) is 9.91. The molecular weight excluding hydrogens is 463 g/mol. The highest BCUT2D eigenvalue weighted by molar-refractivity contribution is 14.1. The lowest BCUT2D eigenvalue weighted by atomic mass is 9.97. The van der Waals surface area contributed by atoms with Gasteiger partial charge in [-0.1, -0.05) is 6.07 Å². The summed E-state index contributed by atoms with van der Waals surface area (Å²) in [4.78, 5) is 22.0. The van der Waals surface area contributed by atoms with Crippen molar-refractivity contribution in [3.05, 3.63) is 50.6 Å². The number of hydrogen-bond acceptors (Lipinski definition) is 4. The van der Waals surface area contributed by atoms with Crippen LogP contribution in [0.4, 0.5) is 0 Å². The van der Waals surface area contributed by atoms with E-state index in [1.54, 1.807) is 13.1 Å². The topological polar surface area (TPSA) is 70.2 Å². The highest BCUT2D eigenvalue weighted by Crippen LogP contribution is 2.42. The minimum Gasteiger partial charge on any atom is -0.465 e. The van der Waals surface area contributed by atoms with E-state index in [1.807, 2.05) is 36.9 Å². The molecule has 6 nitrogen and oxygen atoms in total. The van der Waals surface area contributed by atoms with Crippen LogP contribution >= 0.6 is 34.8 Å². The van der Waals surface area contributed by atoms with Crippen LogP contribution in [0, 0.1) is 17.4 Å². The maximum absolute atomic E-state index is 12.2. The Morgan fingerprint density at radius 2 is 2.15 bits per heavy atom. The average molecular weight is 484 g/mol. The van der Waals surface area contributed by atoms with Crippen molar-refractivity contribution in [3.8, 4) is 0 Å². The lowest BCUT2D eigenvalue weighted by Gasteiger charge is -2.27. The monoisotopic (exact) mass is 484 g/mol. The molecule has 0 radical (unpaired) electrons. The molecule has 3 heterocycles. The number of carbonyl (C=O) groups excluding carboxylic acids is 1. The smallest absolute Gasteiger partial charge is 0.325 e. The summed E-state index contributed by atoms with van der Waals surface area (Å²) in [7, 11) is 0. The van der Waals surface area contributed by atoms with Crippen LogP contribution in [-0.2, 0) is 9.53 Å². The Bertz CT molecular complexity index is 824. The standard InChI is InChI=1S/C18H21IN4O2S/c1-4-25-13(24)9-23-17(14-10(2)21-11(3)15(14)19)16(22-18(23)26)12-7-5-6-8-20-12/h5-8,16-17,21H,4,9H2,1-3H3,(H,22,26). The Morgan fingerprint density at radius 3 is 2.73 bits per heavy atom. The molecule has 2 aromatic heterocycles. The van der Waals surface area contributed by atoms with Gasteiger partial charge in [0.1, 0.15) is 6.54 Å².